The van der Waals surface area contributed by atoms with Crippen molar-refractivity contribution in [3.05, 3.63) is 137 Å². The molecule has 0 bridgehead atoms. The van der Waals surface area contributed by atoms with E-state index in [0.717, 1.165) is 6.42 Å². The van der Waals surface area contributed by atoms with Crippen molar-refractivity contribution < 1.29 is 0 Å². The molecular weight excluding hydrogens is 514 g/mol. The molecule has 0 amide bonds. The summed E-state index contributed by atoms with van der Waals surface area (Å²) in [6.07, 6.45) is 1.000. The van der Waals surface area contributed by atoms with E-state index in [2.05, 4.69) is 142 Å². The molecular formula is C35H22BrN. The van der Waals surface area contributed by atoms with Crippen LogP contribution in [0.2, 0.25) is 0 Å². The van der Waals surface area contributed by atoms with Crippen LogP contribution in [0.1, 0.15) is 11.1 Å². The highest BCUT2D eigenvalue weighted by molar-refractivity contribution is 9.10. The predicted molar refractivity (Wildman–Crippen MR) is 160 cm³/mol. The van der Waals surface area contributed by atoms with E-state index in [0.29, 0.717) is 0 Å². The molecule has 1 nitrogen and oxygen atoms in total. The Balaban J connectivity index is 1.41. The summed E-state index contributed by atoms with van der Waals surface area (Å²) in [5, 5.41) is 5.17. The summed E-state index contributed by atoms with van der Waals surface area (Å²) in [5.74, 6) is 0. The first kappa shape index (κ1) is 21.0. The smallest absolute Gasteiger partial charge is 0.0547 e. The monoisotopic (exact) mass is 535 g/mol. The second-order valence-electron chi connectivity index (χ2n) is 9.91. The van der Waals surface area contributed by atoms with Gasteiger partial charge in [-0.25, -0.2) is 0 Å². The molecule has 1 aliphatic rings. The molecule has 0 fully saturated rings. The highest BCUT2D eigenvalue weighted by atomic mass is 79.9. The predicted octanol–water partition coefficient (Wildman–Crippen LogP) is 9.94. The van der Waals surface area contributed by atoms with Gasteiger partial charge in [-0.1, -0.05) is 94.8 Å². The number of hydrogen-bond donors (Lipinski definition) is 0. The molecule has 0 spiro atoms. The molecule has 37 heavy (non-hydrogen) atoms. The summed E-state index contributed by atoms with van der Waals surface area (Å²) in [7, 11) is 0. The van der Waals surface area contributed by atoms with E-state index >= 15 is 0 Å². The number of hydrogen-bond acceptors (Lipinski definition) is 0. The van der Waals surface area contributed by atoms with E-state index in [4.69, 9.17) is 0 Å². The lowest BCUT2D eigenvalue weighted by molar-refractivity contribution is 1.18. The average Bonchev–Trinajstić information content (AvgIpc) is 3.49. The Morgan fingerprint density at radius 3 is 2.27 bits per heavy atom. The van der Waals surface area contributed by atoms with Crippen molar-refractivity contribution in [3.63, 3.8) is 0 Å². The highest BCUT2D eigenvalue weighted by Gasteiger charge is 2.21. The zero-order valence-corrected chi connectivity index (χ0v) is 21.7. The van der Waals surface area contributed by atoms with Crippen LogP contribution >= 0.6 is 15.9 Å². The van der Waals surface area contributed by atoms with Crippen molar-refractivity contribution in [2.24, 2.45) is 0 Å². The lowest BCUT2D eigenvalue weighted by Crippen LogP contribution is -1.93. The number of halogens is 1. The Bertz CT molecular complexity index is 2010. The third kappa shape index (κ3) is 3.09. The molecule has 0 N–H and O–H groups in total. The Morgan fingerprint density at radius 1 is 0.568 bits per heavy atom. The van der Waals surface area contributed by atoms with Crippen molar-refractivity contribution in [2.45, 2.75) is 6.42 Å². The van der Waals surface area contributed by atoms with Crippen LogP contribution in [0, 0.1) is 0 Å². The number of fused-ring (bicyclic) bond motifs is 8. The standard InChI is InChI=1S/C35H22BrN/c36-31-12-6-8-26-19-25-14-13-23(20-29(25)34(26)31)24-16-17-32-30(21-24)35-28-11-5-4-7-22(28)15-18-33(35)37(32)27-9-2-1-3-10-27/h1-18,20-21H,19H2. The fourth-order valence-corrected chi connectivity index (χ4v) is 6.81. The van der Waals surface area contributed by atoms with Crippen molar-refractivity contribution >= 4 is 48.5 Å². The summed E-state index contributed by atoms with van der Waals surface area (Å²) in [4.78, 5) is 0. The maximum Gasteiger partial charge on any atom is 0.0547 e. The van der Waals surface area contributed by atoms with Crippen molar-refractivity contribution in [2.75, 3.05) is 0 Å². The van der Waals surface area contributed by atoms with Gasteiger partial charge in [-0.05, 0) is 93.0 Å². The summed E-state index contributed by atoms with van der Waals surface area (Å²) in [5.41, 5.74) is 11.6. The number of nitrogens with zero attached hydrogens (tertiary/aromatic N) is 1. The van der Waals surface area contributed by atoms with E-state index in [-0.39, 0.29) is 0 Å². The summed E-state index contributed by atoms with van der Waals surface area (Å²) < 4.78 is 3.57. The molecule has 0 aliphatic heterocycles. The van der Waals surface area contributed by atoms with E-state index in [9.17, 15) is 0 Å². The van der Waals surface area contributed by atoms with Crippen molar-refractivity contribution in [3.8, 4) is 27.9 Å². The van der Waals surface area contributed by atoms with Gasteiger partial charge in [0.05, 0.1) is 11.0 Å². The van der Waals surface area contributed by atoms with Gasteiger partial charge in [0.2, 0.25) is 0 Å². The molecule has 174 valence electrons. The van der Waals surface area contributed by atoms with Gasteiger partial charge in [-0.15, -0.1) is 0 Å². The van der Waals surface area contributed by atoms with Gasteiger partial charge >= 0.3 is 0 Å². The molecule has 0 atom stereocenters. The maximum absolute atomic E-state index is 3.80. The second kappa shape index (κ2) is 7.93. The van der Waals surface area contributed by atoms with Crippen LogP contribution in [0.4, 0.5) is 0 Å². The minimum absolute atomic E-state index is 1.000. The number of para-hydroxylation sites is 1. The lowest BCUT2D eigenvalue weighted by atomic mass is 9.97. The maximum atomic E-state index is 3.80. The highest BCUT2D eigenvalue weighted by Crippen LogP contribution is 2.44. The first-order chi connectivity index (χ1) is 18.3. The fraction of sp³-hybridized carbons (Fsp3) is 0.0286. The van der Waals surface area contributed by atoms with Crippen LogP contribution in [0.15, 0.2) is 126 Å². The fourth-order valence-electron chi connectivity index (χ4n) is 6.19. The van der Waals surface area contributed by atoms with Crippen LogP contribution in [-0.2, 0) is 6.42 Å². The van der Waals surface area contributed by atoms with Crippen molar-refractivity contribution in [1.29, 1.82) is 0 Å². The Labute approximate surface area is 223 Å². The molecule has 2 heteroatoms. The SMILES string of the molecule is Brc1cccc2c1-c1cc(-c3ccc4c(c3)c3c5ccccc5ccc3n4-c3ccccc3)ccc1C2. The second-order valence-corrected chi connectivity index (χ2v) is 10.8. The van der Waals surface area contributed by atoms with Crippen LogP contribution < -0.4 is 0 Å². The van der Waals surface area contributed by atoms with Crippen LogP contribution in [0.25, 0.3) is 60.5 Å². The van der Waals surface area contributed by atoms with Gasteiger partial charge in [0.1, 0.15) is 0 Å². The number of benzene rings is 6. The average molecular weight is 536 g/mol. The minimum Gasteiger partial charge on any atom is -0.309 e. The molecule has 8 rings (SSSR count). The van der Waals surface area contributed by atoms with Crippen LogP contribution in [0.3, 0.4) is 0 Å². The molecule has 1 heterocycles. The van der Waals surface area contributed by atoms with Crippen molar-refractivity contribution in [1.82, 2.24) is 4.57 Å². The zero-order valence-electron chi connectivity index (χ0n) is 20.1. The number of aromatic nitrogens is 1. The van der Waals surface area contributed by atoms with Crippen LogP contribution in [-0.4, -0.2) is 4.57 Å². The summed E-state index contributed by atoms with van der Waals surface area (Å²) in [6.45, 7) is 0. The number of rotatable bonds is 2. The lowest BCUT2D eigenvalue weighted by Gasteiger charge is -2.09. The third-order valence-electron chi connectivity index (χ3n) is 7.86. The molecule has 1 aromatic heterocycles. The topological polar surface area (TPSA) is 4.93 Å². The first-order valence-electron chi connectivity index (χ1n) is 12.7. The molecule has 0 radical (unpaired) electrons. The zero-order chi connectivity index (χ0) is 24.5. The Hall–Kier alpha value is -4.14. The molecule has 0 saturated carbocycles. The third-order valence-corrected chi connectivity index (χ3v) is 8.52. The van der Waals surface area contributed by atoms with Gasteiger partial charge in [0.25, 0.3) is 0 Å². The van der Waals surface area contributed by atoms with E-state index < -0.39 is 0 Å². The molecule has 6 aromatic carbocycles. The van der Waals surface area contributed by atoms with Gasteiger partial charge in [0, 0.05) is 20.9 Å². The largest absolute Gasteiger partial charge is 0.309 e. The quantitative estimate of drug-likeness (QED) is 0.207. The molecule has 1 aliphatic carbocycles. The van der Waals surface area contributed by atoms with Gasteiger partial charge < -0.3 is 4.57 Å². The summed E-state index contributed by atoms with van der Waals surface area (Å²) >= 11 is 3.80. The first-order valence-corrected chi connectivity index (χ1v) is 13.5. The van der Waals surface area contributed by atoms with Crippen LogP contribution in [0.5, 0.6) is 0 Å². The molecule has 0 unspecified atom stereocenters. The minimum atomic E-state index is 1.000. The molecule has 7 aromatic rings. The van der Waals surface area contributed by atoms with Gasteiger partial charge in [0.15, 0.2) is 0 Å². The normalized spacial score (nSPS) is 12.4. The van der Waals surface area contributed by atoms with E-state index in [1.165, 1.54) is 76.1 Å². The van der Waals surface area contributed by atoms with Gasteiger partial charge in [-0.2, -0.15) is 0 Å². The van der Waals surface area contributed by atoms with Gasteiger partial charge in [-0.3, -0.25) is 0 Å². The van der Waals surface area contributed by atoms with E-state index in [1.54, 1.807) is 0 Å². The Morgan fingerprint density at radius 2 is 1.35 bits per heavy atom. The summed E-state index contributed by atoms with van der Waals surface area (Å²) in [6, 6.07) is 44.4. The van der Waals surface area contributed by atoms with E-state index in [1.807, 2.05) is 0 Å². The molecule has 0 saturated heterocycles. The Kier molecular flexibility index (Phi) is 4.50.